The number of hydrogen-bond acceptors (Lipinski definition) is 4. The fourth-order valence-corrected chi connectivity index (χ4v) is 3.03. The molecule has 0 bridgehead atoms. The summed E-state index contributed by atoms with van der Waals surface area (Å²) in [4.78, 5) is 2.48. The molecule has 4 heteroatoms. The minimum atomic E-state index is 0.368. The van der Waals surface area contributed by atoms with E-state index in [1.54, 1.807) is 0 Å². The van der Waals surface area contributed by atoms with Gasteiger partial charge in [-0.25, -0.2) is 0 Å². The van der Waals surface area contributed by atoms with Crippen molar-refractivity contribution in [3.8, 4) is 0 Å². The summed E-state index contributed by atoms with van der Waals surface area (Å²) in [7, 11) is 0. The van der Waals surface area contributed by atoms with Crippen LogP contribution in [0, 0.1) is 0 Å². The summed E-state index contributed by atoms with van der Waals surface area (Å²) >= 11 is 0. The fraction of sp³-hybridized carbons (Fsp3) is 0.600. The molecule has 0 radical (unpaired) electrons. The van der Waals surface area contributed by atoms with Crippen LogP contribution in [0.3, 0.4) is 0 Å². The maximum Gasteiger partial charge on any atom is 0.0716 e. The molecule has 1 aromatic carbocycles. The quantitative estimate of drug-likeness (QED) is 0.808. The first-order valence-electron chi connectivity index (χ1n) is 7.28. The zero-order chi connectivity index (χ0) is 13.1. The van der Waals surface area contributed by atoms with Gasteiger partial charge in [0.1, 0.15) is 0 Å². The molecule has 1 saturated heterocycles. The molecule has 1 aromatic rings. The Labute approximate surface area is 114 Å². The van der Waals surface area contributed by atoms with Crippen molar-refractivity contribution in [1.82, 2.24) is 5.32 Å². The summed E-state index contributed by atoms with van der Waals surface area (Å²) < 4.78 is 5.77. The third-order valence-electron chi connectivity index (χ3n) is 4.04. The highest BCUT2D eigenvalue weighted by atomic mass is 16.5. The fourth-order valence-electron chi connectivity index (χ4n) is 3.03. The van der Waals surface area contributed by atoms with Crippen molar-refractivity contribution in [2.75, 3.05) is 43.4 Å². The first-order valence-corrected chi connectivity index (χ1v) is 7.28. The largest absolute Gasteiger partial charge is 0.399 e. The molecule has 0 aliphatic carbocycles. The Morgan fingerprint density at radius 2 is 2.37 bits per heavy atom. The highest BCUT2D eigenvalue weighted by Crippen LogP contribution is 2.29. The van der Waals surface area contributed by atoms with Crippen molar-refractivity contribution in [1.29, 1.82) is 0 Å². The number of morpholine rings is 1. The molecule has 3 rings (SSSR count). The number of nitrogens with one attached hydrogen (secondary N) is 1. The highest BCUT2D eigenvalue weighted by Gasteiger charge is 2.19. The van der Waals surface area contributed by atoms with E-state index in [1.807, 2.05) is 6.07 Å². The van der Waals surface area contributed by atoms with Crippen molar-refractivity contribution in [3.63, 3.8) is 0 Å². The second-order valence-corrected chi connectivity index (χ2v) is 5.46. The lowest BCUT2D eigenvalue weighted by molar-refractivity contribution is 0.0248. The molecule has 0 spiro atoms. The van der Waals surface area contributed by atoms with Gasteiger partial charge >= 0.3 is 0 Å². The van der Waals surface area contributed by atoms with Crippen molar-refractivity contribution >= 4 is 11.4 Å². The smallest absolute Gasteiger partial charge is 0.0716 e. The Morgan fingerprint density at radius 3 is 3.21 bits per heavy atom. The van der Waals surface area contributed by atoms with Gasteiger partial charge in [-0.1, -0.05) is 0 Å². The number of ether oxygens (including phenoxy) is 1. The molecule has 104 valence electrons. The van der Waals surface area contributed by atoms with Crippen LogP contribution in [0.15, 0.2) is 18.2 Å². The summed E-state index contributed by atoms with van der Waals surface area (Å²) in [5, 5.41) is 3.39. The molecule has 1 unspecified atom stereocenters. The van der Waals surface area contributed by atoms with E-state index in [0.29, 0.717) is 6.10 Å². The summed E-state index contributed by atoms with van der Waals surface area (Å²) in [6.07, 6.45) is 3.84. The minimum absolute atomic E-state index is 0.368. The third kappa shape index (κ3) is 3.01. The third-order valence-corrected chi connectivity index (χ3v) is 4.04. The monoisotopic (exact) mass is 261 g/mol. The van der Waals surface area contributed by atoms with Gasteiger partial charge in [-0.05, 0) is 43.0 Å². The van der Waals surface area contributed by atoms with Crippen molar-refractivity contribution < 1.29 is 4.74 Å². The zero-order valence-corrected chi connectivity index (χ0v) is 11.4. The summed E-state index contributed by atoms with van der Waals surface area (Å²) in [6, 6.07) is 6.31. The average Bonchev–Trinajstić information content (AvgIpc) is 2.45. The number of rotatable bonds is 3. The van der Waals surface area contributed by atoms with E-state index in [0.717, 1.165) is 51.3 Å². The Bertz CT molecular complexity index is 429. The van der Waals surface area contributed by atoms with Gasteiger partial charge in [-0.2, -0.15) is 0 Å². The van der Waals surface area contributed by atoms with E-state index in [4.69, 9.17) is 10.5 Å². The predicted octanol–water partition coefficient (Wildman–Crippen LogP) is 1.40. The van der Waals surface area contributed by atoms with Gasteiger partial charge < -0.3 is 20.7 Å². The van der Waals surface area contributed by atoms with Crippen LogP contribution in [0.25, 0.3) is 0 Å². The summed E-state index contributed by atoms with van der Waals surface area (Å²) in [5.74, 6) is 0. The van der Waals surface area contributed by atoms with Crippen molar-refractivity contribution in [2.24, 2.45) is 0 Å². The lowest BCUT2D eigenvalue weighted by Gasteiger charge is -2.33. The van der Waals surface area contributed by atoms with Gasteiger partial charge in [0.05, 0.1) is 12.7 Å². The van der Waals surface area contributed by atoms with E-state index in [-0.39, 0.29) is 0 Å². The van der Waals surface area contributed by atoms with Gasteiger partial charge in [0.15, 0.2) is 0 Å². The molecule has 1 fully saturated rings. The second-order valence-electron chi connectivity index (χ2n) is 5.46. The molecule has 2 aliphatic heterocycles. The van der Waals surface area contributed by atoms with Crippen LogP contribution >= 0.6 is 0 Å². The van der Waals surface area contributed by atoms with Gasteiger partial charge in [-0.15, -0.1) is 0 Å². The molecule has 2 aliphatic rings. The molecule has 4 nitrogen and oxygen atoms in total. The number of nitrogens with zero attached hydrogens (tertiary/aromatic N) is 1. The second kappa shape index (κ2) is 5.80. The lowest BCUT2D eigenvalue weighted by Crippen LogP contribution is -2.41. The van der Waals surface area contributed by atoms with Crippen LogP contribution < -0.4 is 16.0 Å². The number of fused-ring (bicyclic) bond motifs is 1. The molecule has 0 aromatic heterocycles. The molecule has 3 N–H and O–H groups in total. The van der Waals surface area contributed by atoms with Gasteiger partial charge in [-0.3, -0.25) is 0 Å². The van der Waals surface area contributed by atoms with Crippen LogP contribution in [0.5, 0.6) is 0 Å². The van der Waals surface area contributed by atoms with E-state index in [9.17, 15) is 0 Å². The summed E-state index contributed by atoms with van der Waals surface area (Å²) in [6.45, 7) is 5.04. The van der Waals surface area contributed by atoms with E-state index >= 15 is 0 Å². The lowest BCUT2D eigenvalue weighted by atomic mass is 10.0. The van der Waals surface area contributed by atoms with Crippen LogP contribution in [0.2, 0.25) is 0 Å². The molecule has 19 heavy (non-hydrogen) atoms. The van der Waals surface area contributed by atoms with Crippen molar-refractivity contribution in [2.45, 2.75) is 25.4 Å². The van der Waals surface area contributed by atoms with Crippen LogP contribution in [0.4, 0.5) is 11.4 Å². The average molecular weight is 261 g/mol. The molecular weight excluding hydrogens is 238 g/mol. The first-order chi connectivity index (χ1) is 9.33. The van der Waals surface area contributed by atoms with Crippen LogP contribution in [-0.2, 0) is 11.2 Å². The van der Waals surface area contributed by atoms with Gasteiger partial charge in [0, 0.05) is 37.6 Å². The van der Waals surface area contributed by atoms with Gasteiger partial charge in [0.2, 0.25) is 0 Å². The molecule has 2 heterocycles. The maximum atomic E-state index is 5.87. The predicted molar refractivity (Wildman–Crippen MR) is 78.6 cm³/mol. The minimum Gasteiger partial charge on any atom is -0.399 e. The van der Waals surface area contributed by atoms with Crippen LogP contribution in [-0.4, -0.2) is 38.9 Å². The Morgan fingerprint density at radius 1 is 1.42 bits per heavy atom. The Kier molecular flexibility index (Phi) is 3.89. The number of nitrogens with two attached hydrogens (primary N) is 1. The van der Waals surface area contributed by atoms with Crippen molar-refractivity contribution in [3.05, 3.63) is 23.8 Å². The number of aryl methyl sites for hydroxylation is 1. The number of benzene rings is 1. The van der Waals surface area contributed by atoms with Crippen LogP contribution in [0.1, 0.15) is 18.4 Å². The Hall–Kier alpha value is -1.26. The van der Waals surface area contributed by atoms with E-state index < -0.39 is 0 Å². The SMILES string of the molecule is Nc1ccc2c(c1)CCCN2CCC1CNCCO1. The number of nitrogen functional groups attached to an aromatic ring is 1. The Balaban J connectivity index is 1.63. The highest BCUT2D eigenvalue weighted by molar-refractivity contribution is 5.61. The zero-order valence-electron chi connectivity index (χ0n) is 11.4. The number of hydrogen-bond donors (Lipinski definition) is 2. The standard InChI is InChI=1S/C15H23N3O/c16-13-3-4-15-12(10-13)2-1-7-18(15)8-5-14-11-17-6-9-19-14/h3-4,10,14,17H,1-2,5-9,11,16H2. The first kappa shape index (κ1) is 12.8. The molecular formula is C15H23N3O. The number of anilines is 2. The topological polar surface area (TPSA) is 50.5 Å². The summed E-state index contributed by atoms with van der Waals surface area (Å²) in [5.41, 5.74) is 9.51. The molecule has 1 atom stereocenters. The normalized spacial score (nSPS) is 23.2. The van der Waals surface area contributed by atoms with Gasteiger partial charge in [0.25, 0.3) is 0 Å². The maximum absolute atomic E-state index is 5.87. The molecule has 0 saturated carbocycles. The van der Waals surface area contributed by atoms with E-state index in [2.05, 4.69) is 22.3 Å². The van der Waals surface area contributed by atoms with E-state index in [1.165, 1.54) is 17.7 Å². The molecule has 0 amide bonds.